The molecule has 0 spiro atoms. The SMILES string of the molecule is CCC[Si](O[SiH](C)C)(O[SiH](C)C)O[SiH](C)C. The maximum Gasteiger partial charge on any atom is 0.468 e. The molecule has 0 aliphatic heterocycles. The average molecular weight is 297 g/mol. The lowest BCUT2D eigenvalue weighted by atomic mass is 10.6. The van der Waals surface area contributed by atoms with Crippen LogP contribution in [-0.2, 0) is 12.3 Å². The van der Waals surface area contributed by atoms with E-state index in [0.717, 1.165) is 12.5 Å². The third-order valence-corrected chi connectivity index (χ3v) is 12.9. The first-order chi connectivity index (χ1) is 7.31. The Morgan fingerprint density at radius 1 is 0.750 bits per heavy atom. The fourth-order valence-corrected chi connectivity index (χ4v) is 14.5. The Labute approximate surface area is 107 Å². The summed E-state index contributed by atoms with van der Waals surface area (Å²) in [4.78, 5) is 0. The summed E-state index contributed by atoms with van der Waals surface area (Å²) >= 11 is 0. The lowest BCUT2D eigenvalue weighted by Gasteiger charge is -2.35. The zero-order valence-corrected chi connectivity index (χ0v) is 16.3. The van der Waals surface area contributed by atoms with Crippen LogP contribution in [0, 0.1) is 0 Å². The van der Waals surface area contributed by atoms with E-state index < -0.39 is 35.9 Å². The molecule has 0 heterocycles. The van der Waals surface area contributed by atoms with Gasteiger partial charge in [0.2, 0.25) is 0 Å². The summed E-state index contributed by atoms with van der Waals surface area (Å²) in [6.45, 7) is 15.4. The maximum absolute atomic E-state index is 6.20. The Hall–Kier alpha value is 0.748. The summed E-state index contributed by atoms with van der Waals surface area (Å²) in [5.74, 6) is 0. The molecule has 0 saturated heterocycles. The average Bonchev–Trinajstić information content (AvgIpc) is 1.98. The highest BCUT2D eigenvalue weighted by molar-refractivity contribution is 6.79. The van der Waals surface area contributed by atoms with Crippen molar-refractivity contribution in [1.82, 2.24) is 0 Å². The third-order valence-electron chi connectivity index (χ3n) is 1.80. The molecule has 0 unspecified atom stereocenters. The van der Waals surface area contributed by atoms with E-state index in [0.29, 0.717) is 0 Å². The van der Waals surface area contributed by atoms with Gasteiger partial charge in [0, 0.05) is 6.04 Å². The van der Waals surface area contributed by atoms with Crippen LogP contribution in [0.3, 0.4) is 0 Å². The molecule has 0 aromatic carbocycles. The van der Waals surface area contributed by atoms with Gasteiger partial charge < -0.3 is 12.3 Å². The normalized spacial score (nSPS) is 13.1. The van der Waals surface area contributed by atoms with Gasteiger partial charge in [0.15, 0.2) is 27.1 Å². The highest BCUT2D eigenvalue weighted by atomic mass is 28.5. The summed E-state index contributed by atoms with van der Waals surface area (Å²) < 4.78 is 18.6. The minimum atomic E-state index is -2.30. The zero-order valence-electron chi connectivity index (χ0n) is 11.9. The number of hydrogen-bond acceptors (Lipinski definition) is 3. The molecule has 0 atom stereocenters. The van der Waals surface area contributed by atoms with Crippen molar-refractivity contribution in [2.75, 3.05) is 0 Å². The van der Waals surface area contributed by atoms with Crippen LogP contribution in [0.4, 0.5) is 0 Å². The summed E-state index contributed by atoms with van der Waals surface area (Å²) in [6.07, 6.45) is 1.09. The molecule has 16 heavy (non-hydrogen) atoms. The second-order valence-corrected chi connectivity index (χ2v) is 15.9. The standard InChI is InChI=1S/C9H28O3Si4/c1-8-9-16(10-13(2)3,11-14(4)5)12-15(6)7/h13-15H,8-9H2,1-7H3. The van der Waals surface area contributed by atoms with Gasteiger partial charge in [-0.05, 0) is 39.3 Å². The predicted molar refractivity (Wildman–Crippen MR) is 80.7 cm³/mol. The monoisotopic (exact) mass is 296 g/mol. The molecule has 0 fully saturated rings. The van der Waals surface area contributed by atoms with Crippen molar-refractivity contribution >= 4 is 35.9 Å². The van der Waals surface area contributed by atoms with Crippen LogP contribution in [0.1, 0.15) is 13.3 Å². The van der Waals surface area contributed by atoms with Crippen molar-refractivity contribution in [3.05, 3.63) is 0 Å². The summed E-state index contributed by atoms with van der Waals surface area (Å²) in [5.41, 5.74) is 0. The van der Waals surface area contributed by atoms with Gasteiger partial charge in [0.1, 0.15) is 0 Å². The van der Waals surface area contributed by atoms with E-state index in [1.807, 2.05) is 0 Å². The van der Waals surface area contributed by atoms with Gasteiger partial charge in [-0.25, -0.2) is 0 Å². The number of hydrogen-bond donors (Lipinski definition) is 0. The molecule has 7 heteroatoms. The Balaban J connectivity index is 4.72. The van der Waals surface area contributed by atoms with Crippen LogP contribution in [0.15, 0.2) is 0 Å². The van der Waals surface area contributed by atoms with Crippen LogP contribution < -0.4 is 0 Å². The van der Waals surface area contributed by atoms with Crippen molar-refractivity contribution in [3.63, 3.8) is 0 Å². The van der Waals surface area contributed by atoms with E-state index >= 15 is 0 Å². The summed E-state index contributed by atoms with van der Waals surface area (Å²) in [5, 5.41) is 0. The Morgan fingerprint density at radius 3 is 1.25 bits per heavy atom. The Bertz CT molecular complexity index is 161. The van der Waals surface area contributed by atoms with Crippen molar-refractivity contribution in [2.45, 2.75) is 58.7 Å². The Kier molecular flexibility index (Phi) is 8.33. The lowest BCUT2D eigenvalue weighted by Crippen LogP contribution is -2.53. The molecule has 0 bridgehead atoms. The second-order valence-electron chi connectivity index (χ2n) is 4.93. The molecule has 0 rings (SSSR count). The van der Waals surface area contributed by atoms with Crippen LogP contribution in [0.2, 0.25) is 45.3 Å². The van der Waals surface area contributed by atoms with Crippen LogP contribution >= 0.6 is 0 Å². The highest BCUT2D eigenvalue weighted by Gasteiger charge is 2.41. The molecular formula is C9H28O3Si4. The summed E-state index contributed by atoms with van der Waals surface area (Å²) in [7, 11) is -5.57. The van der Waals surface area contributed by atoms with Gasteiger partial charge in [-0.1, -0.05) is 13.3 Å². The predicted octanol–water partition coefficient (Wildman–Crippen LogP) is 2.34. The van der Waals surface area contributed by atoms with E-state index in [9.17, 15) is 0 Å². The third kappa shape index (κ3) is 7.15. The van der Waals surface area contributed by atoms with E-state index in [2.05, 4.69) is 46.2 Å². The van der Waals surface area contributed by atoms with Crippen LogP contribution in [0.25, 0.3) is 0 Å². The van der Waals surface area contributed by atoms with E-state index in [1.165, 1.54) is 0 Å². The van der Waals surface area contributed by atoms with Gasteiger partial charge in [0.25, 0.3) is 0 Å². The highest BCUT2D eigenvalue weighted by Crippen LogP contribution is 2.21. The quantitative estimate of drug-likeness (QED) is 0.644. The molecular weight excluding hydrogens is 268 g/mol. The number of rotatable bonds is 8. The first-order valence-electron chi connectivity index (χ1n) is 6.34. The molecule has 0 aromatic rings. The Morgan fingerprint density at radius 2 is 1.06 bits per heavy atom. The van der Waals surface area contributed by atoms with E-state index in [4.69, 9.17) is 12.3 Å². The molecule has 3 nitrogen and oxygen atoms in total. The largest absolute Gasteiger partial charge is 0.468 e. The molecule has 98 valence electrons. The molecule has 0 radical (unpaired) electrons. The summed E-state index contributed by atoms with van der Waals surface area (Å²) in [6, 6.07) is 0.995. The van der Waals surface area contributed by atoms with Crippen molar-refractivity contribution < 1.29 is 12.3 Å². The van der Waals surface area contributed by atoms with Gasteiger partial charge in [0.05, 0.1) is 0 Å². The second kappa shape index (κ2) is 7.96. The molecule has 0 aliphatic rings. The molecule has 0 saturated carbocycles. The van der Waals surface area contributed by atoms with Gasteiger partial charge in [-0.15, -0.1) is 0 Å². The van der Waals surface area contributed by atoms with Crippen LogP contribution in [0.5, 0.6) is 0 Å². The first-order valence-corrected chi connectivity index (χ1v) is 16.6. The zero-order chi connectivity index (χ0) is 12.8. The maximum atomic E-state index is 6.20. The minimum absolute atomic E-state index is 0.995. The van der Waals surface area contributed by atoms with Crippen molar-refractivity contribution in [1.29, 1.82) is 0 Å². The van der Waals surface area contributed by atoms with E-state index in [1.54, 1.807) is 0 Å². The van der Waals surface area contributed by atoms with Crippen molar-refractivity contribution in [3.8, 4) is 0 Å². The molecule has 0 aromatic heterocycles. The van der Waals surface area contributed by atoms with Gasteiger partial charge >= 0.3 is 8.80 Å². The topological polar surface area (TPSA) is 27.7 Å². The lowest BCUT2D eigenvalue weighted by molar-refractivity contribution is 0.267. The molecule has 0 aliphatic carbocycles. The van der Waals surface area contributed by atoms with E-state index in [-0.39, 0.29) is 0 Å². The van der Waals surface area contributed by atoms with Crippen molar-refractivity contribution in [2.24, 2.45) is 0 Å². The fraction of sp³-hybridized carbons (Fsp3) is 1.00. The molecule has 0 N–H and O–H groups in total. The first kappa shape index (κ1) is 16.7. The van der Waals surface area contributed by atoms with Gasteiger partial charge in [-0.3, -0.25) is 0 Å². The minimum Gasteiger partial charge on any atom is -0.420 e. The molecule has 0 amide bonds. The smallest absolute Gasteiger partial charge is 0.420 e. The van der Waals surface area contributed by atoms with Gasteiger partial charge in [-0.2, -0.15) is 0 Å². The fourth-order valence-electron chi connectivity index (χ4n) is 1.64. The van der Waals surface area contributed by atoms with Crippen LogP contribution in [-0.4, -0.2) is 35.9 Å².